The summed E-state index contributed by atoms with van der Waals surface area (Å²) in [4.78, 5) is 7.04. The van der Waals surface area contributed by atoms with E-state index in [0.717, 1.165) is 31.0 Å². The summed E-state index contributed by atoms with van der Waals surface area (Å²) in [6, 6.07) is 2.17. The number of hydrogen-bond donors (Lipinski definition) is 1. The zero-order valence-corrected chi connectivity index (χ0v) is 12.5. The van der Waals surface area contributed by atoms with Gasteiger partial charge in [-0.05, 0) is 30.9 Å². The van der Waals surface area contributed by atoms with Crippen molar-refractivity contribution in [1.82, 2.24) is 4.98 Å². The second-order valence-electron chi connectivity index (χ2n) is 5.07. The Morgan fingerprint density at radius 3 is 2.61 bits per heavy atom. The monoisotopic (exact) mass is 249 g/mol. The predicted octanol–water partition coefficient (Wildman–Crippen LogP) is 3.69. The fourth-order valence-corrected chi connectivity index (χ4v) is 2.09. The second kappa shape index (κ2) is 7.24. The molecule has 1 heterocycles. The summed E-state index contributed by atoms with van der Waals surface area (Å²) in [5.74, 6) is 1.85. The van der Waals surface area contributed by atoms with Crippen LogP contribution in [0.15, 0.2) is 12.3 Å². The number of hydrogen-bond acceptors (Lipinski definition) is 3. The zero-order valence-electron chi connectivity index (χ0n) is 12.5. The lowest BCUT2D eigenvalue weighted by Crippen LogP contribution is -2.30. The van der Waals surface area contributed by atoms with Crippen molar-refractivity contribution in [2.75, 3.05) is 30.4 Å². The van der Waals surface area contributed by atoms with Crippen LogP contribution in [0.4, 0.5) is 11.5 Å². The number of nitrogens with one attached hydrogen (secondary N) is 1. The molecule has 1 unspecified atom stereocenters. The molecule has 3 heteroatoms. The van der Waals surface area contributed by atoms with E-state index in [-0.39, 0.29) is 0 Å². The van der Waals surface area contributed by atoms with Gasteiger partial charge in [0, 0.05) is 20.1 Å². The SMILES string of the molecule is CCCN(CC(C)CC)c1ncc(NC)cc1C. The van der Waals surface area contributed by atoms with Gasteiger partial charge >= 0.3 is 0 Å². The lowest BCUT2D eigenvalue weighted by atomic mass is 10.1. The number of nitrogens with zero attached hydrogens (tertiary/aromatic N) is 2. The Morgan fingerprint density at radius 2 is 2.11 bits per heavy atom. The molecule has 1 N–H and O–H groups in total. The number of rotatable bonds is 7. The van der Waals surface area contributed by atoms with E-state index in [0.29, 0.717) is 5.92 Å². The van der Waals surface area contributed by atoms with Gasteiger partial charge < -0.3 is 10.2 Å². The largest absolute Gasteiger partial charge is 0.387 e. The molecule has 0 aromatic carbocycles. The van der Waals surface area contributed by atoms with Crippen molar-refractivity contribution in [1.29, 1.82) is 0 Å². The van der Waals surface area contributed by atoms with E-state index in [1.54, 1.807) is 0 Å². The first-order chi connectivity index (χ1) is 8.62. The van der Waals surface area contributed by atoms with E-state index in [1.807, 2.05) is 13.2 Å². The molecule has 1 rings (SSSR count). The molecule has 0 radical (unpaired) electrons. The fraction of sp³-hybridized carbons (Fsp3) is 0.667. The highest BCUT2D eigenvalue weighted by Gasteiger charge is 2.13. The molecule has 1 atom stereocenters. The van der Waals surface area contributed by atoms with Crippen LogP contribution in [0.2, 0.25) is 0 Å². The van der Waals surface area contributed by atoms with E-state index >= 15 is 0 Å². The Morgan fingerprint density at radius 1 is 1.39 bits per heavy atom. The van der Waals surface area contributed by atoms with Gasteiger partial charge in [0.25, 0.3) is 0 Å². The van der Waals surface area contributed by atoms with Crippen molar-refractivity contribution >= 4 is 11.5 Å². The van der Waals surface area contributed by atoms with Crippen molar-refractivity contribution in [3.05, 3.63) is 17.8 Å². The van der Waals surface area contributed by atoms with E-state index in [1.165, 1.54) is 12.0 Å². The molecule has 102 valence electrons. The number of aryl methyl sites for hydroxylation is 1. The quantitative estimate of drug-likeness (QED) is 0.798. The predicted molar refractivity (Wildman–Crippen MR) is 80.5 cm³/mol. The molecule has 0 saturated carbocycles. The first-order valence-corrected chi connectivity index (χ1v) is 7.01. The average Bonchev–Trinajstić information content (AvgIpc) is 2.38. The molecule has 0 fully saturated rings. The summed E-state index contributed by atoms with van der Waals surface area (Å²) in [7, 11) is 1.93. The maximum absolute atomic E-state index is 4.62. The normalized spacial score (nSPS) is 12.3. The molecule has 18 heavy (non-hydrogen) atoms. The van der Waals surface area contributed by atoms with E-state index in [9.17, 15) is 0 Å². The van der Waals surface area contributed by atoms with Crippen LogP contribution in [0, 0.1) is 12.8 Å². The highest BCUT2D eigenvalue weighted by molar-refractivity contribution is 5.54. The van der Waals surface area contributed by atoms with Crippen molar-refractivity contribution in [2.45, 2.75) is 40.5 Å². The molecule has 0 bridgehead atoms. The lowest BCUT2D eigenvalue weighted by Gasteiger charge is -2.27. The fourth-order valence-electron chi connectivity index (χ4n) is 2.09. The molecule has 0 aliphatic heterocycles. The maximum atomic E-state index is 4.62. The lowest BCUT2D eigenvalue weighted by molar-refractivity contribution is 0.538. The van der Waals surface area contributed by atoms with E-state index < -0.39 is 0 Å². The molecule has 0 saturated heterocycles. The molecular weight excluding hydrogens is 222 g/mol. The Balaban J connectivity index is 2.90. The molecule has 3 nitrogen and oxygen atoms in total. The Hall–Kier alpha value is -1.25. The first kappa shape index (κ1) is 14.8. The van der Waals surface area contributed by atoms with Gasteiger partial charge in [-0.2, -0.15) is 0 Å². The maximum Gasteiger partial charge on any atom is 0.131 e. The smallest absolute Gasteiger partial charge is 0.131 e. The van der Waals surface area contributed by atoms with Crippen LogP contribution < -0.4 is 10.2 Å². The number of pyridine rings is 1. The third-order valence-electron chi connectivity index (χ3n) is 3.36. The van der Waals surface area contributed by atoms with Crippen molar-refractivity contribution in [3.63, 3.8) is 0 Å². The van der Waals surface area contributed by atoms with Crippen LogP contribution in [-0.2, 0) is 0 Å². The minimum absolute atomic E-state index is 0.710. The molecule has 0 spiro atoms. The minimum Gasteiger partial charge on any atom is -0.387 e. The first-order valence-electron chi connectivity index (χ1n) is 7.01. The van der Waals surface area contributed by atoms with Gasteiger partial charge in [-0.25, -0.2) is 4.98 Å². The molecule has 0 aliphatic carbocycles. The summed E-state index contributed by atoms with van der Waals surface area (Å²) in [5.41, 5.74) is 2.33. The third-order valence-corrected chi connectivity index (χ3v) is 3.36. The summed E-state index contributed by atoms with van der Waals surface area (Å²) in [6.45, 7) is 11.1. The summed E-state index contributed by atoms with van der Waals surface area (Å²) >= 11 is 0. The average molecular weight is 249 g/mol. The van der Waals surface area contributed by atoms with Gasteiger partial charge in [0.2, 0.25) is 0 Å². The van der Waals surface area contributed by atoms with Gasteiger partial charge in [0.15, 0.2) is 0 Å². The van der Waals surface area contributed by atoms with Gasteiger partial charge in [-0.15, -0.1) is 0 Å². The highest BCUT2D eigenvalue weighted by Crippen LogP contribution is 2.21. The second-order valence-corrected chi connectivity index (χ2v) is 5.07. The van der Waals surface area contributed by atoms with Crippen LogP contribution in [-0.4, -0.2) is 25.1 Å². The van der Waals surface area contributed by atoms with Gasteiger partial charge in [-0.1, -0.05) is 27.2 Å². The number of aromatic nitrogens is 1. The Labute approximate surface area is 112 Å². The van der Waals surface area contributed by atoms with Crippen molar-refractivity contribution in [3.8, 4) is 0 Å². The molecule has 0 aliphatic rings. The minimum atomic E-state index is 0.710. The van der Waals surface area contributed by atoms with Crippen molar-refractivity contribution < 1.29 is 0 Å². The van der Waals surface area contributed by atoms with Crippen molar-refractivity contribution in [2.24, 2.45) is 5.92 Å². The van der Waals surface area contributed by atoms with Crippen LogP contribution >= 0.6 is 0 Å². The van der Waals surface area contributed by atoms with Gasteiger partial charge in [0.05, 0.1) is 11.9 Å². The summed E-state index contributed by atoms with van der Waals surface area (Å²) in [6.07, 6.45) is 4.29. The molecular formula is C15H27N3. The van der Waals surface area contributed by atoms with Gasteiger partial charge in [0.1, 0.15) is 5.82 Å². The van der Waals surface area contributed by atoms with Crippen LogP contribution in [0.5, 0.6) is 0 Å². The van der Waals surface area contributed by atoms with E-state index in [2.05, 4.69) is 49.0 Å². The van der Waals surface area contributed by atoms with Crippen LogP contribution in [0.3, 0.4) is 0 Å². The topological polar surface area (TPSA) is 28.2 Å². The molecule has 0 amide bonds. The zero-order chi connectivity index (χ0) is 13.5. The van der Waals surface area contributed by atoms with Crippen LogP contribution in [0.1, 0.15) is 39.2 Å². The summed E-state index contributed by atoms with van der Waals surface area (Å²) < 4.78 is 0. The number of anilines is 2. The molecule has 1 aromatic rings. The Bertz CT molecular complexity index is 363. The van der Waals surface area contributed by atoms with E-state index in [4.69, 9.17) is 0 Å². The summed E-state index contributed by atoms with van der Waals surface area (Å²) in [5, 5.41) is 3.14. The Kier molecular flexibility index (Phi) is 5.96. The highest BCUT2D eigenvalue weighted by atomic mass is 15.2. The molecule has 1 aromatic heterocycles. The standard InChI is InChI=1S/C15H27N3/c1-6-8-18(11-12(3)7-2)15-13(4)9-14(16-5)10-17-15/h9-10,12,16H,6-8,11H2,1-5H3. The third kappa shape index (κ3) is 3.90. The van der Waals surface area contributed by atoms with Gasteiger partial charge in [-0.3, -0.25) is 0 Å². The van der Waals surface area contributed by atoms with Crippen LogP contribution in [0.25, 0.3) is 0 Å².